The first kappa shape index (κ1) is 19.2. The van der Waals surface area contributed by atoms with Crippen molar-refractivity contribution in [2.45, 2.75) is 6.54 Å². The van der Waals surface area contributed by atoms with Crippen LogP contribution in [0.2, 0.25) is 10.0 Å². The van der Waals surface area contributed by atoms with Gasteiger partial charge in [-0.25, -0.2) is 0 Å². The van der Waals surface area contributed by atoms with Crippen molar-refractivity contribution < 1.29 is 9.90 Å². The second-order valence-electron chi connectivity index (χ2n) is 6.38. The predicted octanol–water partition coefficient (Wildman–Crippen LogP) is 6.63. The summed E-state index contributed by atoms with van der Waals surface area (Å²) < 4.78 is 1.69. The largest absolute Gasteiger partial charge is 0.493 e. The second kappa shape index (κ2) is 8.07. The fourth-order valence-corrected chi connectivity index (χ4v) is 3.39. The zero-order chi connectivity index (χ0) is 20.4. The van der Waals surface area contributed by atoms with Crippen molar-refractivity contribution in [1.29, 1.82) is 0 Å². The summed E-state index contributed by atoms with van der Waals surface area (Å²) in [5.74, 6) is -0.609. The van der Waals surface area contributed by atoms with Crippen LogP contribution in [0.15, 0.2) is 83.0 Å². The Morgan fingerprint density at radius 2 is 1.62 bits per heavy atom. The Kier molecular flexibility index (Phi) is 5.34. The molecule has 0 aliphatic rings. The summed E-state index contributed by atoms with van der Waals surface area (Å²) in [6, 6.07) is 21.2. The molecule has 0 spiro atoms. The van der Waals surface area contributed by atoms with Crippen LogP contribution in [0.5, 0.6) is 5.88 Å². The first-order valence-electron chi connectivity index (χ1n) is 8.80. The van der Waals surface area contributed by atoms with Crippen molar-refractivity contribution >= 4 is 45.7 Å². The topological polar surface area (TPSA) is 66.9 Å². The lowest BCUT2D eigenvalue weighted by Crippen LogP contribution is -1.99. The van der Waals surface area contributed by atoms with Gasteiger partial charge in [0, 0.05) is 21.0 Å². The average Bonchev–Trinajstić information content (AvgIpc) is 2.99. The molecule has 7 heteroatoms. The Hall–Kier alpha value is -3.15. The van der Waals surface area contributed by atoms with Crippen molar-refractivity contribution in [1.82, 2.24) is 4.57 Å². The Balaban J connectivity index is 1.73. The molecule has 4 rings (SSSR count). The molecule has 3 aromatic carbocycles. The third-order valence-corrected chi connectivity index (χ3v) is 5.16. The molecule has 0 fully saturated rings. The van der Waals surface area contributed by atoms with Gasteiger partial charge in [-0.3, -0.25) is 4.79 Å². The number of carbonyl (C=O) groups excluding carboxylic acids is 1. The van der Waals surface area contributed by atoms with E-state index in [1.165, 1.54) is 0 Å². The van der Waals surface area contributed by atoms with E-state index in [0.717, 1.165) is 11.1 Å². The van der Waals surface area contributed by atoms with Crippen molar-refractivity contribution in [3.05, 3.63) is 94.0 Å². The van der Waals surface area contributed by atoms with E-state index >= 15 is 0 Å². The highest BCUT2D eigenvalue weighted by Crippen LogP contribution is 2.39. The standard InChI is InChI=1S/C22H15Cl2N3O2/c23-16-11-9-14(10-12-16)21(28)26-25-20-17-6-2-4-8-19(17)27(22(20)29)13-15-5-1-3-7-18(15)24/h1-12,29H,13H2. The molecular weight excluding hydrogens is 409 g/mol. The van der Waals surface area contributed by atoms with Gasteiger partial charge in [-0.15, -0.1) is 10.2 Å². The Labute approximate surface area is 176 Å². The second-order valence-corrected chi connectivity index (χ2v) is 7.22. The van der Waals surface area contributed by atoms with Crippen LogP contribution in [-0.2, 0) is 6.54 Å². The van der Waals surface area contributed by atoms with E-state index in [-0.39, 0.29) is 11.6 Å². The monoisotopic (exact) mass is 423 g/mol. The lowest BCUT2D eigenvalue weighted by molar-refractivity contribution is 0.0995. The zero-order valence-corrected chi connectivity index (χ0v) is 16.6. The van der Waals surface area contributed by atoms with Gasteiger partial charge >= 0.3 is 0 Å². The van der Waals surface area contributed by atoms with E-state index in [4.69, 9.17) is 23.2 Å². The van der Waals surface area contributed by atoms with E-state index in [0.29, 0.717) is 27.5 Å². The number of azo groups is 1. The molecule has 1 amide bonds. The number of para-hydroxylation sites is 1. The maximum Gasteiger partial charge on any atom is 0.295 e. The van der Waals surface area contributed by atoms with E-state index in [1.807, 2.05) is 42.5 Å². The molecule has 1 heterocycles. The summed E-state index contributed by atoms with van der Waals surface area (Å²) >= 11 is 12.1. The van der Waals surface area contributed by atoms with Gasteiger partial charge in [0.05, 0.1) is 12.1 Å². The van der Waals surface area contributed by atoms with Crippen LogP contribution in [-0.4, -0.2) is 15.6 Å². The van der Waals surface area contributed by atoms with Crippen molar-refractivity contribution in [3.63, 3.8) is 0 Å². The van der Waals surface area contributed by atoms with Crippen LogP contribution in [0, 0.1) is 0 Å². The fraction of sp³-hybridized carbons (Fsp3) is 0.0455. The van der Waals surface area contributed by atoms with E-state index in [1.54, 1.807) is 34.9 Å². The first-order valence-corrected chi connectivity index (χ1v) is 9.55. The lowest BCUT2D eigenvalue weighted by atomic mass is 10.2. The number of rotatable bonds is 4. The molecule has 0 bridgehead atoms. The first-order chi connectivity index (χ1) is 14.0. The fourth-order valence-electron chi connectivity index (χ4n) is 3.07. The van der Waals surface area contributed by atoms with Crippen LogP contribution in [0.3, 0.4) is 0 Å². The Morgan fingerprint density at radius 1 is 0.931 bits per heavy atom. The van der Waals surface area contributed by atoms with E-state index < -0.39 is 5.91 Å². The van der Waals surface area contributed by atoms with Crippen LogP contribution >= 0.6 is 23.2 Å². The van der Waals surface area contributed by atoms with E-state index in [2.05, 4.69) is 10.2 Å². The molecule has 4 aromatic rings. The maximum atomic E-state index is 12.3. The highest BCUT2D eigenvalue weighted by Gasteiger charge is 2.18. The van der Waals surface area contributed by atoms with Crippen LogP contribution < -0.4 is 0 Å². The minimum atomic E-state index is -0.524. The summed E-state index contributed by atoms with van der Waals surface area (Å²) in [4.78, 5) is 12.3. The predicted molar refractivity (Wildman–Crippen MR) is 114 cm³/mol. The van der Waals surface area contributed by atoms with Gasteiger partial charge in [0.15, 0.2) is 5.69 Å². The average molecular weight is 424 g/mol. The molecule has 1 N–H and O–H groups in total. The van der Waals surface area contributed by atoms with Gasteiger partial charge in [0.2, 0.25) is 5.88 Å². The van der Waals surface area contributed by atoms with Gasteiger partial charge < -0.3 is 9.67 Å². The molecule has 0 saturated heterocycles. The number of amides is 1. The van der Waals surface area contributed by atoms with Crippen molar-refractivity contribution in [2.75, 3.05) is 0 Å². The normalized spacial score (nSPS) is 11.4. The van der Waals surface area contributed by atoms with Gasteiger partial charge in [-0.05, 0) is 42.0 Å². The highest BCUT2D eigenvalue weighted by molar-refractivity contribution is 6.31. The minimum Gasteiger partial charge on any atom is -0.493 e. The number of nitrogens with zero attached hydrogens (tertiary/aromatic N) is 3. The summed E-state index contributed by atoms with van der Waals surface area (Å²) in [6.07, 6.45) is 0. The van der Waals surface area contributed by atoms with Gasteiger partial charge in [-0.1, -0.05) is 59.6 Å². The Bertz CT molecular complexity index is 1230. The number of benzene rings is 3. The summed E-state index contributed by atoms with van der Waals surface area (Å²) in [6.45, 7) is 0.354. The number of carbonyl (C=O) groups is 1. The zero-order valence-electron chi connectivity index (χ0n) is 15.1. The number of aromatic nitrogens is 1. The van der Waals surface area contributed by atoms with Gasteiger partial charge in [0.25, 0.3) is 5.91 Å². The number of halogens is 2. The van der Waals surface area contributed by atoms with E-state index in [9.17, 15) is 9.90 Å². The number of aromatic hydroxyl groups is 1. The van der Waals surface area contributed by atoms with Crippen molar-refractivity contribution in [3.8, 4) is 5.88 Å². The SMILES string of the molecule is O=C(N=Nc1c(O)n(Cc2ccccc2Cl)c2ccccc12)c1ccc(Cl)cc1. The van der Waals surface area contributed by atoms with Gasteiger partial charge in [-0.2, -0.15) is 0 Å². The molecule has 5 nitrogen and oxygen atoms in total. The summed E-state index contributed by atoms with van der Waals surface area (Å²) in [5.41, 5.74) is 2.20. The van der Waals surface area contributed by atoms with Crippen LogP contribution in [0.4, 0.5) is 5.69 Å². The lowest BCUT2D eigenvalue weighted by Gasteiger charge is -2.08. The maximum absolute atomic E-state index is 12.3. The number of fused-ring (bicyclic) bond motifs is 1. The number of hydrogen-bond donors (Lipinski definition) is 1. The smallest absolute Gasteiger partial charge is 0.295 e. The van der Waals surface area contributed by atoms with Crippen LogP contribution in [0.1, 0.15) is 15.9 Å². The highest BCUT2D eigenvalue weighted by atomic mass is 35.5. The molecule has 0 saturated carbocycles. The molecule has 29 heavy (non-hydrogen) atoms. The van der Waals surface area contributed by atoms with Crippen molar-refractivity contribution in [2.24, 2.45) is 10.2 Å². The van der Waals surface area contributed by atoms with Crippen LogP contribution in [0.25, 0.3) is 10.9 Å². The quantitative estimate of drug-likeness (QED) is 0.374. The summed E-state index contributed by atoms with van der Waals surface area (Å²) in [7, 11) is 0. The Morgan fingerprint density at radius 3 is 2.38 bits per heavy atom. The molecular formula is C22H15Cl2N3O2. The number of hydrogen-bond acceptors (Lipinski definition) is 3. The summed E-state index contributed by atoms with van der Waals surface area (Å²) in [5, 5.41) is 20.5. The molecule has 0 radical (unpaired) electrons. The molecule has 0 aliphatic carbocycles. The van der Waals surface area contributed by atoms with Gasteiger partial charge in [0.1, 0.15) is 0 Å². The molecule has 0 unspecified atom stereocenters. The molecule has 0 atom stereocenters. The molecule has 0 aliphatic heterocycles. The molecule has 1 aromatic heterocycles. The molecule has 144 valence electrons. The minimum absolute atomic E-state index is 0.0845. The third-order valence-electron chi connectivity index (χ3n) is 4.54. The third kappa shape index (κ3) is 3.88.